The summed E-state index contributed by atoms with van der Waals surface area (Å²) in [6, 6.07) is 0.760. The van der Waals surface area contributed by atoms with E-state index in [1.165, 1.54) is 6.92 Å². The molecule has 0 fully saturated rings. The van der Waals surface area contributed by atoms with E-state index in [0.717, 1.165) is 6.07 Å². The zero-order chi connectivity index (χ0) is 14.7. The standard InChI is InChI=1S/C13H14F3NOS/c1-6(4-7(2)19)13(18)17-10-5-9(14)12(16)11(15)8(10)3/h4-6,19H,1-3H3,(H,17,18)/b7-4+. The maximum atomic E-state index is 13.3. The number of thiol groups is 1. The molecule has 0 radical (unpaired) electrons. The molecule has 1 rings (SSSR count). The number of benzene rings is 1. The van der Waals surface area contributed by atoms with Gasteiger partial charge in [0.1, 0.15) is 0 Å². The van der Waals surface area contributed by atoms with Crippen LogP contribution >= 0.6 is 12.6 Å². The SMILES string of the molecule is C/C(S)=C\C(C)C(=O)Nc1cc(F)c(F)c(F)c1C. The Hall–Kier alpha value is -1.43. The zero-order valence-electron chi connectivity index (χ0n) is 10.7. The van der Waals surface area contributed by atoms with Gasteiger partial charge in [-0.05, 0) is 18.8 Å². The van der Waals surface area contributed by atoms with Crippen LogP contribution in [0.5, 0.6) is 0 Å². The van der Waals surface area contributed by atoms with Crippen molar-refractivity contribution in [3.63, 3.8) is 0 Å². The van der Waals surface area contributed by atoms with Crippen LogP contribution in [-0.2, 0) is 4.79 Å². The quantitative estimate of drug-likeness (QED) is 0.643. The van der Waals surface area contributed by atoms with Gasteiger partial charge in [0.05, 0.1) is 5.92 Å². The molecule has 1 unspecified atom stereocenters. The predicted octanol–water partition coefficient (Wildman–Crippen LogP) is 3.82. The van der Waals surface area contributed by atoms with Gasteiger partial charge >= 0.3 is 0 Å². The number of halogens is 3. The average Bonchev–Trinajstić information content (AvgIpc) is 2.32. The lowest BCUT2D eigenvalue weighted by molar-refractivity contribution is -0.118. The first-order chi connectivity index (χ1) is 8.73. The first-order valence-electron chi connectivity index (χ1n) is 5.56. The van der Waals surface area contributed by atoms with Crippen molar-refractivity contribution in [3.8, 4) is 0 Å². The normalized spacial score (nSPS) is 13.3. The number of hydrogen-bond donors (Lipinski definition) is 2. The van der Waals surface area contributed by atoms with E-state index in [2.05, 4.69) is 17.9 Å². The van der Waals surface area contributed by atoms with Crippen LogP contribution in [0, 0.1) is 30.3 Å². The molecule has 0 aliphatic rings. The van der Waals surface area contributed by atoms with Gasteiger partial charge in [-0.1, -0.05) is 13.0 Å². The van der Waals surface area contributed by atoms with E-state index >= 15 is 0 Å². The van der Waals surface area contributed by atoms with Crippen molar-refractivity contribution in [2.45, 2.75) is 20.8 Å². The minimum absolute atomic E-state index is 0.0848. The minimum Gasteiger partial charge on any atom is -0.325 e. The first-order valence-corrected chi connectivity index (χ1v) is 6.01. The Morgan fingerprint density at radius 3 is 2.47 bits per heavy atom. The number of anilines is 1. The highest BCUT2D eigenvalue weighted by Gasteiger charge is 2.18. The molecule has 1 atom stereocenters. The molecular formula is C13H14F3NOS. The molecule has 0 aliphatic heterocycles. The van der Waals surface area contributed by atoms with Gasteiger partial charge in [-0.25, -0.2) is 13.2 Å². The van der Waals surface area contributed by atoms with E-state index in [4.69, 9.17) is 0 Å². The number of hydrogen-bond acceptors (Lipinski definition) is 2. The van der Waals surface area contributed by atoms with Gasteiger partial charge in [0.15, 0.2) is 17.5 Å². The highest BCUT2D eigenvalue weighted by molar-refractivity contribution is 7.84. The van der Waals surface area contributed by atoms with E-state index < -0.39 is 29.3 Å². The summed E-state index contributed by atoms with van der Waals surface area (Å²) >= 11 is 4.04. The second-order valence-electron chi connectivity index (χ2n) is 4.24. The molecule has 6 heteroatoms. The van der Waals surface area contributed by atoms with Crippen LogP contribution in [0.25, 0.3) is 0 Å². The van der Waals surface area contributed by atoms with Crippen molar-refractivity contribution in [3.05, 3.63) is 40.1 Å². The Balaban J connectivity index is 3.01. The number of carbonyl (C=O) groups is 1. The van der Waals surface area contributed by atoms with Crippen LogP contribution in [0.1, 0.15) is 19.4 Å². The maximum Gasteiger partial charge on any atom is 0.231 e. The van der Waals surface area contributed by atoms with Crippen molar-refractivity contribution in [1.82, 2.24) is 0 Å². The summed E-state index contributed by atoms with van der Waals surface area (Å²) in [6.07, 6.45) is 1.59. The lowest BCUT2D eigenvalue weighted by Gasteiger charge is -2.12. The second kappa shape index (κ2) is 6.14. The molecule has 0 aromatic heterocycles. The molecule has 1 N–H and O–H groups in total. The third-order valence-electron chi connectivity index (χ3n) is 2.57. The fourth-order valence-corrected chi connectivity index (χ4v) is 1.72. The molecule has 104 valence electrons. The Labute approximate surface area is 115 Å². The maximum absolute atomic E-state index is 13.3. The van der Waals surface area contributed by atoms with Gasteiger partial charge in [-0.2, -0.15) is 0 Å². The molecule has 0 bridgehead atoms. The molecule has 0 spiro atoms. The number of amides is 1. The summed E-state index contributed by atoms with van der Waals surface area (Å²) in [5.74, 6) is -5.17. The average molecular weight is 289 g/mol. The van der Waals surface area contributed by atoms with E-state index in [9.17, 15) is 18.0 Å². The Morgan fingerprint density at radius 1 is 1.37 bits per heavy atom. The largest absolute Gasteiger partial charge is 0.325 e. The Bertz CT molecular complexity index is 539. The molecule has 0 saturated heterocycles. The molecule has 19 heavy (non-hydrogen) atoms. The minimum atomic E-state index is -1.55. The number of rotatable bonds is 3. The van der Waals surface area contributed by atoms with Gasteiger partial charge in [-0.15, -0.1) is 12.6 Å². The van der Waals surface area contributed by atoms with Gasteiger partial charge in [0, 0.05) is 17.3 Å². The van der Waals surface area contributed by atoms with E-state index in [-0.39, 0.29) is 11.3 Å². The number of allylic oxidation sites excluding steroid dienone is 1. The molecular weight excluding hydrogens is 275 g/mol. The van der Waals surface area contributed by atoms with E-state index in [1.807, 2.05) is 0 Å². The Kier molecular flexibility index (Phi) is 5.05. The fraction of sp³-hybridized carbons (Fsp3) is 0.308. The van der Waals surface area contributed by atoms with Crippen LogP contribution in [-0.4, -0.2) is 5.91 Å². The van der Waals surface area contributed by atoms with Gasteiger partial charge in [0.25, 0.3) is 0 Å². The van der Waals surface area contributed by atoms with Crippen molar-refractivity contribution in [2.75, 3.05) is 5.32 Å². The summed E-state index contributed by atoms with van der Waals surface area (Å²) in [7, 11) is 0. The summed E-state index contributed by atoms with van der Waals surface area (Å²) in [6.45, 7) is 4.58. The lowest BCUT2D eigenvalue weighted by atomic mass is 10.1. The molecule has 0 heterocycles. The van der Waals surface area contributed by atoms with Crippen LogP contribution in [0.3, 0.4) is 0 Å². The van der Waals surface area contributed by atoms with Gasteiger partial charge in [-0.3, -0.25) is 4.79 Å². The molecule has 0 saturated carbocycles. The monoisotopic (exact) mass is 289 g/mol. The summed E-state index contributed by atoms with van der Waals surface area (Å²) in [5.41, 5.74) is -0.232. The molecule has 1 aromatic carbocycles. The van der Waals surface area contributed by atoms with Gasteiger partial charge < -0.3 is 5.32 Å². The van der Waals surface area contributed by atoms with Crippen molar-refractivity contribution < 1.29 is 18.0 Å². The second-order valence-corrected chi connectivity index (χ2v) is 4.95. The predicted molar refractivity (Wildman–Crippen MR) is 71.6 cm³/mol. The summed E-state index contributed by atoms with van der Waals surface area (Å²) in [4.78, 5) is 12.4. The fourth-order valence-electron chi connectivity index (χ4n) is 1.50. The van der Waals surface area contributed by atoms with E-state index in [0.29, 0.717) is 4.91 Å². The molecule has 0 aliphatic carbocycles. The molecule has 2 nitrogen and oxygen atoms in total. The van der Waals surface area contributed by atoms with E-state index in [1.54, 1.807) is 19.9 Å². The molecule has 1 amide bonds. The lowest BCUT2D eigenvalue weighted by Crippen LogP contribution is -2.20. The van der Waals surface area contributed by atoms with Crippen LogP contribution in [0.4, 0.5) is 18.9 Å². The first kappa shape index (κ1) is 15.6. The van der Waals surface area contributed by atoms with Crippen molar-refractivity contribution in [1.29, 1.82) is 0 Å². The van der Waals surface area contributed by atoms with Crippen LogP contribution < -0.4 is 5.32 Å². The van der Waals surface area contributed by atoms with Gasteiger partial charge in [0.2, 0.25) is 5.91 Å². The van der Waals surface area contributed by atoms with Crippen LogP contribution in [0.2, 0.25) is 0 Å². The Morgan fingerprint density at radius 2 is 1.95 bits per heavy atom. The van der Waals surface area contributed by atoms with Crippen molar-refractivity contribution in [2.24, 2.45) is 5.92 Å². The highest BCUT2D eigenvalue weighted by atomic mass is 32.1. The number of nitrogens with one attached hydrogen (secondary N) is 1. The summed E-state index contributed by atoms with van der Waals surface area (Å²) < 4.78 is 39.4. The third-order valence-corrected chi connectivity index (χ3v) is 2.72. The topological polar surface area (TPSA) is 29.1 Å². The number of carbonyl (C=O) groups excluding carboxylic acids is 1. The summed E-state index contributed by atoms with van der Waals surface area (Å²) in [5, 5.41) is 2.36. The third kappa shape index (κ3) is 3.76. The molecule has 1 aromatic rings. The smallest absolute Gasteiger partial charge is 0.231 e. The van der Waals surface area contributed by atoms with Crippen LogP contribution in [0.15, 0.2) is 17.0 Å². The van der Waals surface area contributed by atoms with Crippen molar-refractivity contribution >= 4 is 24.2 Å². The zero-order valence-corrected chi connectivity index (χ0v) is 11.6. The highest BCUT2D eigenvalue weighted by Crippen LogP contribution is 2.24.